The number of hydrogen-bond acceptors (Lipinski definition) is 5. The van der Waals surface area contributed by atoms with Gasteiger partial charge in [0, 0.05) is 36.2 Å². The van der Waals surface area contributed by atoms with Crippen molar-refractivity contribution in [2.45, 2.75) is 46.1 Å². The van der Waals surface area contributed by atoms with E-state index in [0.29, 0.717) is 12.3 Å². The van der Waals surface area contributed by atoms with Crippen molar-refractivity contribution >= 4 is 28.4 Å². The number of amides is 2. The smallest absolute Gasteiger partial charge is 0.326 e. The molecule has 0 radical (unpaired) electrons. The van der Waals surface area contributed by atoms with Crippen molar-refractivity contribution in [1.29, 1.82) is 0 Å². The van der Waals surface area contributed by atoms with Crippen molar-refractivity contribution in [1.82, 2.24) is 15.0 Å². The third kappa shape index (κ3) is 6.70. The van der Waals surface area contributed by atoms with E-state index in [0.717, 1.165) is 44.6 Å². The zero-order chi connectivity index (χ0) is 31.2. The van der Waals surface area contributed by atoms with Crippen LogP contribution in [-0.4, -0.2) is 27.5 Å². The van der Waals surface area contributed by atoms with Crippen molar-refractivity contribution in [2.75, 3.05) is 16.8 Å². The second kappa shape index (κ2) is 13.4. The molecule has 0 atom stereocenters. The van der Waals surface area contributed by atoms with Crippen molar-refractivity contribution in [3.8, 4) is 16.9 Å². The normalized spacial score (nSPS) is 11.1. The fourth-order valence-electron chi connectivity index (χ4n) is 5.14. The molecule has 0 spiro atoms. The topological polar surface area (TPSA) is 100 Å². The van der Waals surface area contributed by atoms with Gasteiger partial charge in [-0.05, 0) is 94.3 Å². The molecule has 0 bridgehead atoms. The van der Waals surface area contributed by atoms with E-state index in [2.05, 4.69) is 72.7 Å². The number of carbonyl (C=O) groups is 1. The lowest BCUT2D eigenvalue weighted by atomic mass is 9.88. The largest absolute Gasteiger partial charge is 0.489 e. The highest BCUT2D eigenvalue weighted by molar-refractivity contribution is 6.04. The number of rotatable bonds is 10. The van der Waals surface area contributed by atoms with Crippen LogP contribution in [0.15, 0.2) is 103 Å². The van der Waals surface area contributed by atoms with E-state index in [1.54, 1.807) is 36.8 Å². The standard InChI is InChI=1S/C36H37N5O3/c1-6-17-41(32-21-27-10-8-14-38-34(27)40-35(32)42)36(43)39-33-30(23(2)3)19-28(20-31(33)24(4)5)26-9-7-11-29(18-26)44-22-25-12-15-37-16-13-25/h6-16,18-21,23-24H,1,17,22H2,2-5H3,(H,39,43)(H,38,40,42). The maximum Gasteiger partial charge on any atom is 0.326 e. The number of pyridine rings is 3. The van der Waals surface area contributed by atoms with Gasteiger partial charge < -0.3 is 15.0 Å². The molecule has 0 fully saturated rings. The third-order valence-corrected chi connectivity index (χ3v) is 7.44. The van der Waals surface area contributed by atoms with Gasteiger partial charge in [0.25, 0.3) is 5.56 Å². The lowest BCUT2D eigenvalue weighted by Crippen LogP contribution is -2.39. The lowest BCUT2D eigenvalue weighted by molar-refractivity contribution is 0.257. The Morgan fingerprint density at radius 3 is 2.36 bits per heavy atom. The highest BCUT2D eigenvalue weighted by atomic mass is 16.5. The summed E-state index contributed by atoms with van der Waals surface area (Å²) in [6.07, 6.45) is 6.73. The first-order valence-electron chi connectivity index (χ1n) is 14.7. The summed E-state index contributed by atoms with van der Waals surface area (Å²) in [5, 5.41) is 3.90. The molecule has 8 heteroatoms. The molecule has 2 N–H and O–H groups in total. The number of fused-ring (bicyclic) bond motifs is 1. The number of anilines is 2. The molecule has 3 aromatic heterocycles. The van der Waals surface area contributed by atoms with Crippen LogP contribution in [0, 0.1) is 0 Å². The van der Waals surface area contributed by atoms with Gasteiger partial charge in [-0.25, -0.2) is 9.78 Å². The Bertz CT molecular complexity index is 1820. The summed E-state index contributed by atoms with van der Waals surface area (Å²) >= 11 is 0. The lowest BCUT2D eigenvalue weighted by Gasteiger charge is -2.26. The Balaban J connectivity index is 1.50. The van der Waals surface area contributed by atoms with Crippen molar-refractivity contribution < 1.29 is 9.53 Å². The van der Waals surface area contributed by atoms with Gasteiger partial charge in [0.05, 0.1) is 0 Å². The number of nitrogens with zero attached hydrogens (tertiary/aromatic N) is 3. The van der Waals surface area contributed by atoms with Gasteiger partial charge in [0.2, 0.25) is 0 Å². The van der Waals surface area contributed by atoms with Crippen LogP contribution in [-0.2, 0) is 6.61 Å². The highest BCUT2D eigenvalue weighted by Gasteiger charge is 2.23. The van der Waals surface area contributed by atoms with Crippen LogP contribution in [0.4, 0.5) is 16.2 Å². The molecular weight excluding hydrogens is 550 g/mol. The molecule has 2 amide bonds. The zero-order valence-electron chi connectivity index (χ0n) is 25.5. The summed E-state index contributed by atoms with van der Waals surface area (Å²) in [5.41, 5.74) is 6.13. The van der Waals surface area contributed by atoms with E-state index in [1.165, 1.54) is 4.90 Å². The van der Waals surface area contributed by atoms with E-state index in [4.69, 9.17) is 4.74 Å². The van der Waals surface area contributed by atoms with Crippen LogP contribution >= 0.6 is 0 Å². The predicted molar refractivity (Wildman–Crippen MR) is 178 cm³/mol. The Morgan fingerprint density at radius 2 is 1.68 bits per heavy atom. The van der Waals surface area contributed by atoms with Crippen molar-refractivity contribution in [2.24, 2.45) is 0 Å². The fourth-order valence-corrected chi connectivity index (χ4v) is 5.14. The van der Waals surface area contributed by atoms with Gasteiger partial charge >= 0.3 is 6.03 Å². The molecule has 0 saturated carbocycles. The van der Waals surface area contributed by atoms with Crippen LogP contribution in [0.2, 0.25) is 0 Å². The molecule has 0 unspecified atom stereocenters. The minimum absolute atomic E-state index is 0.108. The van der Waals surface area contributed by atoms with Crippen molar-refractivity contribution in [3.05, 3.63) is 125 Å². The molecule has 44 heavy (non-hydrogen) atoms. The summed E-state index contributed by atoms with van der Waals surface area (Å²) in [6, 6.07) is 21.1. The predicted octanol–water partition coefficient (Wildman–Crippen LogP) is 8.04. The monoisotopic (exact) mass is 587 g/mol. The number of H-pyrrole nitrogens is 1. The number of benzene rings is 2. The molecule has 0 saturated heterocycles. The number of aromatic amines is 1. The van der Waals surface area contributed by atoms with Crippen LogP contribution in [0.1, 0.15) is 56.2 Å². The van der Waals surface area contributed by atoms with Gasteiger partial charge in [-0.3, -0.25) is 14.7 Å². The number of carbonyl (C=O) groups excluding carboxylic acids is 1. The molecule has 3 heterocycles. The Morgan fingerprint density at radius 1 is 0.955 bits per heavy atom. The molecule has 0 aliphatic carbocycles. The number of ether oxygens (including phenoxy) is 1. The molecular formula is C36H37N5O3. The SMILES string of the molecule is C=CCN(C(=O)Nc1c(C(C)C)cc(-c2cccc(OCc3ccncc3)c2)cc1C(C)C)c1cc2cccnc2[nH]c1=O. The Kier molecular flexibility index (Phi) is 9.19. The van der Waals surface area contributed by atoms with Crippen LogP contribution in [0.3, 0.4) is 0 Å². The minimum Gasteiger partial charge on any atom is -0.489 e. The maximum atomic E-state index is 13.9. The van der Waals surface area contributed by atoms with E-state index < -0.39 is 11.6 Å². The first-order chi connectivity index (χ1) is 21.2. The molecule has 5 aromatic rings. The summed E-state index contributed by atoms with van der Waals surface area (Å²) in [4.78, 5) is 39.4. The van der Waals surface area contributed by atoms with E-state index in [1.807, 2.05) is 36.4 Å². The second-order valence-corrected chi connectivity index (χ2v) is 11.3. The van der Waals surface area contributed by atoms with Gasteiger partial charge in [-0.1, -0.05) is 45.9 Å². The molecule has 0 aliphatic rings. The average molecular weight is 588 g/mol. The average Bonchev–Trinajstić information content (AvgIpc) is 3.02. The van der Waals surface area contributed by atoms with Gasteiger partial charge in [0.15, 0.2) is 0 Å². The number of aromatic nitrogens is 3. The number of hydrogen-bond donors (Lipinski definition) is 2. The molecule has 0 aliphatic heterocycles. The quantitative estimate of drug-likeness (QED) is 0.161. The summed E-state index contributed by atoms with van der Waals surface area (Å²) < 4.78 is 6.08. The van der Waals surface area contributed by atoms with Crippen LogP contribution in [0.25, 0.3) is 22.2 Å². The van der Waals surface area contributed by atoms with Gasteiger partial charge in [0.1, 0.15) is 23.7 Å². The summed E-state index contributed by atoms with van der Waals surface area (Å²) in [6.45, 7) is 12.8. The van der Waals surface area contributed by atoms with E-state index in [9.17, 15) is 9.59 Å². The van der Waals surface area contributed by atoms with Gasteiger partial charge in [-0.15, -0.1) is 6.58 Å². The zero-order valence-corrected chi connectivity index (χ0v) is 25.5. The first-order valence-corrected chi connectivity index (χ1v) is 14.7. The second-order valence-electron chi connectivity index (χ2n) is 11.3. The third-order valence-electron chi connectivity index (χ3n) is 7.44. The van der Waals surface area contributed by atoms with Crippen LogP contribution in [0.5, 0.6) is 5.75 Å². The number of nitrogens with one attached hydrogen (secondary N) is 2. The Hall–Kier alpha value is -5.24. The summed E-state index contributed by atoms with van der Waals surface area (Å²) in [7, 11) is 0. The fraction of sp³-hybridized carbons (Fsp3) is 0.222. The minimum atomic E-state index is -0.415. The molecule has 8 nitrogen and oxygen atoms in total. The van der Waals surface area contributed by atoms with E-state index >= 15 is 0 Å². The highest BCUT2D eigenvalue weighted by Crippen LogP contribution is 2.38. The Labute approximate surface area is 257 Å². The van der Waals surface area contributed by atoms with E-state index in [-0.39, 0.29) is 24.1 Å². The maximum absolute atomic E-state index is 13.9. The first kappa shape index (κ1) is 30.2. The van der Waals surface area contributed by atoms with Crippen molar-refractivity contribution in [3.63, 3.8) is 0 Å². The molecule has 5 rings (SSSR count). The molecule has 224 valence electrons. The van der Waals surface area contributed by atoms with Gasteiger partial charge in [-0.2, -0.15) is 0 Å². The summed E-state index contributed by atoms with van der Waals surface area (Å²) in [5.74, 6) is 0.985. The van der Waals surface area contributed by atoms with Crippen LogP contribution < -0.4 is 20.5 Å². The number of urea groups is 1. The molecule has 2 aromatic carbocycles.